The number of benzene rings is 3. The third-order valence-corrected chi connectivity index (χ3v) is 7.54. The normalized spacial score (nSPS) is 14.3. The summed E-state index contributed by atoms with van der Waals surface area (Å²) in [4.78, 5) is 25.0. The Morgan fingerprint density at radius 1 is 0.917 bits per heavy atom. The highest BCUT2D eigenvalue weighted by Gasteiger charge is 2.34. The number of carbonyl (C=O) groups excluding carboxylic acids is 2. The van der Waals surface area contributed by atoms with E-state index in [1.165, 1.54) is 19.1 Å². The SMILES string of the molecule is COC(=O)[C@@H](NC(=O)OCC1c2ccccc2-c2ccccc21)[C@@H](C)OS(=O)(=O)c1ccc(C)cc1. The van der Waals surface area contributed by atoms with Gasteiger partial charge in [0.15, 0.2) is 6.04 Å². The molecule has 1 aliphatic carbocycles. The summed E-state index contributed by atoms with van der Waals surface area (Å²) >= 11 is 0. The topological polar surface area (TPSA) is 108 Å². The summed E-state index contributed by atoms with van der Waals surface area (Å²) in [5.74, 6) is -1.04. The van der Waals surface area contributed by atoms with Crippen LogP contribution in [0.5, 0.6) is 0 Å². The molecule has 8 nitrogen and oxygen atoms in total. The quantitative estimate of drug-likeness (QED) is 0.359. The Morgan fingerprint density at radius 2 is 1.47 bits per heavy atom. The summed E-state index contributed by atoms with van der Waals surface area (Å²) in [6.07, 6.45) is -2.15. The lowest BCUT2D eigenvalue weighted by Crippen LogP contribution is -2.50. The monoisotopic (exact) mass is 509 g/mol. The number of alkyl carbamates (subject to hydrolysis) is 1. The number of ether oxygens (including phenoxy) is 2. The summed E-state index contributed by atoms with van der Waals surface area (Å²) in [6, 6.07) is 20.5. The molecule has 0 aromatic heterocycles. The van der Waals surface area contributed by atoms with Gasteiger partial charge in [-0.05, 0) is 48.2 Å². The van der Waals surface area contributed by atoms with Gasteiger partial charge in [-0.3, -0.25) is 4.18 Å². The first-order valence-electron chi connectivity index (χ1n) is 11.4. The molecule has 0 bridgehead atoms. The average molecular weight is 510 g/mol. The number of hydrogen-bond acceptors (Lipinski definition) is 7. The second kappa shape index (κ2) is 10.5. The molecule has 1 amide bonds. The second-order valence-corrected chi connectivity index (χ2v) is 10.1. The Labute approximate surface area is 210 Å². The zero-order valence-electron chi connectivity index (χ0n) is 20.1. The maximum absolute atomic E-state index is 12.7. The molecule has 3 aromatic rings. The summed E-state index contributed by atoms with van der Waals surface area (Å²) in [5.41, 5.74) is 5.12. The third kappa shape index (κ3) is 5.27. The van der Waals surface area contributed by atoms with Crippen molar-refractivity contribution in [3.8, 4) is 11.1 Å². The van der Waals surface area contributed by atoms with Crippen molar-refractivity contribution >= 4 is 22.2 Å². The minimum atomic E-state index is -4.19. The summed E-state index contributed by atoms with van der Waals surface area (Å²) in [6.45, 7) is 3.22. The molecular formula is C27H27NO7S. The van der Waals surface area contributed by atoms with E-state index in [1.54, 1.807) is 12.1 Å². The Balaban J connectivity index is 1.45. The van der Waals surface area contributed by atoms with Crippen molar-refractivity contribution < 1.29 is 31.7 Å². The first-order valence-corrected chi connectivity index (χ1v) is 12.8. The number of amides is 1. The van der Waals surface area contributed by atoms with Crippen molar-refractivity contribution in [2.24, 2.45) is 0 Å². The fourth-order valence-electron chi connectivity index (χ4n) is 4.28. The van der Waals surface area contributed by atoms with Gasteiger partial charge >= 0.3 is 12.1 Å². The van der Waals surface area contributed by atoms with Crippen molar-refractivity contribution in [1.82, 2.24) is 5.32 Å². The first kappa shape index (κ1) is 25.4. The highest BCUT2D eigenvalue weighted by atomic mass is 32.2. The molecule has 0 radical (unpaired) electrons. The van der Waals surface area contributed by atoms with Gasteiger partial charge in [0.1, 0.15) is 12.7 Å². The molecule has 36 heavy (non-hydrogen) atoms. The number of esters is 1. The molecule has 3 aromatic carbocycles. The Kier molecular flexibility index (Phi) is 7.42. The van der Waals surface area contributed by atoms with Crippen LogP contribution in [0.4, 0.5) is 4.79 Å². The Morgan fingerprint density at radius 3 is 2.03 bits per heavy atom. The molecule has 0 saturated heterocycles. The van der Waals surface area contributed by atoms with Crippen LogP contribution in [0.1, 0.15) is 29.5 Å². The number of aryl methyl sites for hydroxylation is 1. The van der Waals surface area contributed by atoms with E-state index in [4.69, 9.17) is 13.7 Å². The third-order valence-electron chi connectivity index (χ3n) is 6.13. The Bertz CT molecular complexity index is 1320. The lowest BCUT2D eigenvalue weighted by Gasteiger charge is -2.23. The van der Waals surface area contributed by atoms with Gasteiger partial charge in [-0.15, -0.1) is 0 Å². The van der Waals surface area contributed by atoms with Crippen LogP contribution >= 0.6 is 0 Å². The van der Waals surface area contributed by atoms with E-state index >= 15 is 0 Å². The molecule has 9 heteroatoms. The molecule has 188 valence electrons. The number of methoxy groups -OCH3 is 1. The fraction of sp³-hybridized carbons (Fsp3) is 0.259. The molecule has 4 rings (SSSR count). The van der Waals surface area contributed by atoms with Crippen LogP contribution in [0.25, 0.3) is 11.1 Å². The van der Waals surface area contributed by atoms with Gasteiger partial charge in [0.05, 0.1) is 12.0 Å². The number of carbonyl (C=O) groups is 2. The lowest BCUT2D eigenvalue weighted by molar-refractivity contribution is -0.145. The molecule has 0 spiro atoms. The van der Waals surface area contributed by atoms with Crippen molar-refractivity contribution in [3.63, 3.8) is 0 Å². The summed E-state index contributed by atoms with van der Waals surface area (Å²) in [7, 11) is -3.06. The number of hydrogen-bond donors (Lipinski definition) is 1. The minimum absolute atomic E-state index is 0.0324. The average Bonchev–Trinajstić information content (AvgIpc) is 3.19. The zero-order chi connectivity index (χ0) is 25.9. The van der Waals surface area contributed by atoms with E-state index in [0.29, 0.717) is 0 Å². The van der Waals surface area contributed by atoms with E-state index < -0.39 is 34.3 Å². The van der Waals surface area contributed by atoms with Gasteiger partial charge in [0.25, 0.3) is 10.1 Å². The van der Waals surface area contributed by atoms with E-state index in [0.717, 1.165) is 34.9 Å². The fourth-order valence-corrected chi connectivity index (χ4v) is 5.37. The van der Waals surface area contributed by atoms with Crippen LogP contribution in [-0.2, 0) is 28.6 Å². The molecule has 0 heterocycles. The standard InChI is InChI=1S/C27H27NO7S/c1-17-12-14-19(15-13-17)36(31,32)35-18(2)25(26(29)33-3)28-27(30)34-16-24-22-10-6-4-8-20(22)21-9-5-7-11-23(21)24/h4-15,18,24-25H,16H2,1-3H3,(H,28,30)/t18-,25+/m1/s1. The van der Waals surface area contributed by atoms with Gasteiger partial charge in [-0.2, -0.15) is 8.42 Å². The van der Waals surface area contributed by atoms with Crippen LogP contribution in [0.2, 0.25) is 0 Å². The maximum Gasteiger partial charge on any atom is 0.407 e. The van der Waals surface area contributed by atoms with Gasteiger partial charge in [0.2, 0.25) is 0 Å². The van der Waals surface area contributed by atoms with E-state index in [1.807, 2.05) is 55.5 Å². The zero-order valence-corrected chi connectivity index (χ0v) is 20.9. The molecule has 0 unspecified atom stereocenters. The molecule has 0 fully saturated rings. The van der Waals surface area contributed by atoms with Gasteiger partial charge in [0, 0.05) is 5.92 Å². The van der Waals surface area contributed by atoms with Crippen LogP contribution in [0, 0.1) is 6.92 Å². The van der Waals surface area contributed by atoms with E-state index in [2.05, 4.69) is 5.32 Å². The van der Waals surface area contributed by atoms with Gasteiger partial charge in [-0.1, -0.05) is 66.2 Å². The highest BCUT2D eigenvalue weighted by Crippen LogP contribution is 2.44. The van der Waals surface area contributed by atoms with Crippen molar-refractivity contribution in [3.05, 3.63) is 89.5 Å². The first-order chi connectivity index (χ1) is 17.2. The van der Waals surface area contributed by atoms with Crippen LogP contribution < -0.4 is 5.32 Å². The molecule has 0 aliphatic heterocycles. The second-order valence-electron chi connectivity index (χ2n) is 8.54. The predicted molar refractivity (Wildman–Crippen MR) is 133 cm³/mol. The summed E-state index contributed by atoms with van der Waals surface area (Å²) < 4.78 is 40.8. The van der Waals surface area contributed by atoms with Gasteiger partial charge in [-0.25, -0.2) is 9.59 Å². The van der Waals surface area contributed by atoms with E-state index in [9.17, 15) is 18.0 Å². The van der Waals surface area contributed by atoms with E-state index in [-0.39, 0.29) is 17.4 Å². The van der Waals surface area contributed by atoms with Crippen LogP contribution in [0.3, 0.4) is 0 Å². The maximum atomic E-state index is 12.7. The molecule has 0 saturated carbocycles. The number of rotatable bonds is 8. The summed E-state index contributed by atoms with van der Waals surface area (Å²) in [5, 5.41) is 2.40. The number of nitrogens with one attached hydrogen (secondary N) is 1. The predicted octanol–water partition coefficient (Wildman–Crippen LogP) is 4.17. The van der Waals surface area contributed by atoms with Crippen LogP contribution in [-0.4, -0.2) is 46.3 Å². The molecule has 2 atom stereocenters. The number of fused-ring (bicyclic) bond motifs is 3. The van der Waals surface area contributed by atoms with Crippen molar-refractivity contribution in [1.29, 1.82) is 0 Å². The van der Waals surface area contributed by atoms with Crippen molar-refractivity contribution in [2.75, 3.05) is 13.7 Å². The Hall–Kier alpha value is -3.69. The van der Waals surface area contributed by atoms with Gasteiger partial charge < -0.3 is 14.8 Å². The largest absolute Gasteiger partial charge is 0.467 e. The molecular weight excluding hydrogens is 482 g/mol. The lowest BCUT2D eigenvalue weighted by atomic mass is 9.98. The smallest absolute Gasteiger partial charge is 0.407 e. The van der Waals surface area contributed by atoms with Crippen LogP contribution in [0.15, 0.2) is 77.7 Å². The minimum Gasteiger partial charge on any atom is -0.467 e. The highest BCUT2D eigenvalue weighted by molar-refractivity contribution is 7.86. The molecule has 1 aliphatic rings. The van der Waals surface area contributed by atoms with Crippen molar-refractivity contribution in [2.45, 2.75) is 36.8 Å². The molecule has 1 N–H and O–H groups in total.